The topological polar surface area (TPSA) is 35.2 Å². The highest BCUT2D eigenvalue weighted by molar-refractivity contribution is 5.82. The number of allylic oxidation sites excluding steroid dienone is 1. The fraction of sp³-hybridized carbons (Fsp3) is 0.417. The predicted octanol–water partition coefficient (Wildman–Crippen LogP) is 5.81. The third kappa shape index (κ3) is 4.56. The van der Waals surface area contributed by atoms with Crippen LogP contribution in [0.1, 0.15) is 57.1 Å². The maximum absolute atomic E-state index is 5.79. The first kappa shape index (κ1) is 18.7. The van der Waals surface area contributed by atoms with Crippen molar-refractivity contribution in [2.45, 2.75) is 52.0 Å². The molecule has 0 heterocycles. The molecule has 1 atom stereocenters. The first-order valence-electron chi connectivity index (χ1n) is 9.96. The molecule has 1 saturated carbocycles. The van der Waals surface area contributed by atoms with Crippen LogP contribution in [0, 0.1) is 5.92 Å². The molecule has 2 nitrogen and oxygen atoms in total. The van der Waals surface area contributed by atoms with Crippen molar-refractivity contribution in [3.8, 4) is 5.75 Å². The summed E-state index contributed by atoms with van der Waals surface area (Å²) in [6.07, 6.45) is 6.49. The minimum atomic E-state index is 0.0449. The molecule has 138 valence electrons. The van der Waals surface area contributed by atoms with Crippen LogP contribution in [0.3, 0.4) is 0 Å². The number of hydrogen-bond acceptors (Lipinski definition) is 2. The Labute approximate surface area is 158 Å². The molecule has 0 aromatic heterocycles. The highest BCUT2D eigenvalue weighted by atomic mass is 16.5. The average Bonchev–Trinajstić information content (AvgIpc) is 3.20. The van der Waals surface area contributed by atoms with Gasteiger partial charge in [0, 0.05) is 6.04 Å². The summed E-state index contributed by atoms with van der Waals surface area (Å²) in [6.45, 7) is 4.81. The first-order valence-corrected chi connectivity index (χ1v) is 9.96. The van der Waals surface area contributed by atoms with Crippen LogP contribution in [0.25, 0.3) is 5.57 Å². The minimum Gasteiger partial charge on any atom is -0.492 e. The fourth-order valence-corrected chi connectivity index (χ4v) is 4.03. The van der Waals surface area contributed by atoms with Crippen LogP contribution in [-0.2, 0) is 0 Å². The zero-order valence-corrected chi connectivity index (χ0v) is 16.1. The van der Waals surface area contributed by atoms with Gasteiger partial charge in [0.15, 0.2) is 0 Å². The van der Waals surface area contributed by atoms with Crippen molar-refractivity contribution in [1.29, 1.82) is 0 Å². The van der Waals surface area contributed by atoms with Crippen molar-refractivity contribution in [3.63, 3.8) is 0 Å². The fourth-order valence-electron chi connectivity index (χ4n) is 4.03. The van der Waals surface area contributed by atoms with E-state index in [4.69, 9.17) is 10.5 Å². The Morgan fingerprint density at radius 3 is 2.19 bits per heavy atom. The van der Waals surface area contributed by atoms with Crippen LogP contribution in [-0.4, -0.2) is 12.6 Å². The van der Waals surface area contributed by atoms with Crippen LogP contribution >= 0.6 is 0 Å². The first-order chi connectivity index (χ1) is 12.7. The molecule has 1 aliphatic carbocycles. The number of rotatable bonds is 7. The molecule has 2 heteroatoms. The molecule has 0 saturated heterocycles. The monoisotopic (exact) mass is 349 g/mol. The number of hydrogen-bond donors (Lipinski definition) is 1. The maximum atomic E-state index is 5.79. The Balaban J connectivity index is 1.98. The quantitative estimate of drug-likeness (QED) is 0.684. The van der Waals surface area contributed by atoms with Crippen LogP contribution in [0.5, 0.6) is 5.75 Å². The summed E-state index contributed by atoms with van der Waals surface area (Å²) in [5, 5.41) is 0. The van der Waals surface area contributed by atoms with Crippen molar-refractivity contribution in [2.75, 3.05) is 6.61 Å². The van der Waals surface area contributed by atoms with Gasteiger partial charge in [0.1, 0.15) is 12.4 Å². The molecule has 2 aromatic carbocycles. The summed E-state index contributed by atoms with van der Waals surface area (Å²) in [7, 11) is 0. The lowest BCUT2D eigenvalue weighted by atomic mass is 9.84. The second-order valence-corrected chi connectivity index (χ2v) is 7.41. The molecule has 2 N–H and O–H groups in total. The van der Waals surface area contributed by atoms with Gasteiger partial charge >= 0.3 is 0 Å². The summed E-state index contributed by atoms with van der Waals surface area (Å²) in [4.78, 5) is 0. The van der Waals surface area contributed by atoms with E-state index in [0.29, 0.717) is 6.61 Å². The van der Waals surface area contributed by atoms with Crippen molar-refractivity contribution >= 4 is 5.57 Å². The van der Waals surface area contributed by atoms with Gasteiger partial charge in [-0.3, -0.25) is 0 Å². The van der Waals surface area contributed by atoms with Gasteiger partial charge in [0.25, 0.3) is 0 Å². The number of benzene rings is 2. The second kappa shape index (κ2) is 9.05. The SMILES string of the molecule is CCC(=C(c1ccccc1)c1ccc(OCC(C)N)cc1)C1CCCC1. The molecule has 1 aliphatic rings. The van der Waals surface area contributed by atoms with Gasteiger partial charge in [-0.2, -0.15) is 0 Å². The van der Waals surface area contributed by atoms with Crippen molar-refractivity contribution < 1.29 is 4.74 Å². The lowest BCUT2D eigenvalue weighted by Gasteiger charge is -2.21. The van der Waals surface area contributed by atoms with Crippen molar-refractivity contribution in [3.05, 3.63) is 71.3 Å². The van der Waals surface area contributed by atoms with Crippen molar-refractivity contribution in [2.24, 2.45) is 11.7 Å². The summed E-state index contributed by atoms with van der Waals surface area (Å²) in [5.74, 6) is 1.61. The van der Waals surface area contributed by atoms with E-state index in [9.17, 15) is 0 Å². The molecule has 1 unspecified atom stereocenters. The zero-order valence-electron chi connectivity index (χ0n) is 16.1. The zero-order chi connectivity index (χ0) is 18.4. The number of nitrogens with two attached hydrogens (primary N) is 1. The lowest BCUT2D eigenvalue weighted by molar-refractivity contribution is 0.296. The summed E-state index contributed by atoms with van der Waals surface area (Å²) in [6, 6.07) is 19.4. The molecule has 0 aliphatic heterocycles. The van der Waals surface area contributed by atoms with Gasteiger partial charge in [-0.05, 0) is 60.9 Å². The van der Waals surface area contributed by atoms with E-state index in [-0.39, 0.29) is 6.04 Å². The molecule has 0 amide bonds. The van der Waals surface area contributed by atoms with Gasteiger partial charge in [0.05, 0.1) is 0 Å². The lowest BCUT2D eigenvalue weighted by Crippen LogP contribution is -2.23. The van der Waals surface area contributed by atoms with E-state index in [0.717, 1.165) is 18.1 Å². The molecule has 1 fully saturated rings. The van der Waals surface area contributed by atoms with Crippen LogP contribution < -0.4 is 10.5 Å². The standard InChI is InChI=1S/C24H31NO/c1-3-23(19-9-7-8-10-19)24(20-11-5-4-6-12-20)21-13-15-22(16-14-21)26-17-18(2)25/h4-6,11-16,18-19H,3,7-10,17,25H2,1-2H3. The van der Waals surface area contributed by atoms with Gasteiger partial charge < -0.3 is 10.5 Å². The third-order valence-electron chi connectivity index (χ3n) is 5.27. The summed E-state index contributed by atoms with van der Waals surface area (Å²) in [5.41, 5.74) is 11.4. The molecule has 26 heavy (non-hydrogen) atoms. The minimum absolute atomic E-state index is 0.0449. The Bertz CT molecular complexity index is 710. The Morgan fingerprint density at radius 1 is 1.00 bits per heavy atom. The van der Waals surface area contributed by atoms with E-state index in [2.05, 4.69) is 61.5 Å². The molecular formula is C24H31NO. The highest BCUT2D eigenvalue weighted by Gasteiger charge is 2.22. The molecule has 0 radical (unpaired) electrons. The van der Waals surface area contributed by atoms with Crippen molar-refractivity contribution in [1.82, 2.24) is 0 Å². The van der Waals surface area contributed by atoms with Gasteiger partial charge in [-0.1, -0.05) is 67.8 Å². The van der Waals surface area contributed by atoms with E-state index in [1.807, 2.05) is 6.92 Å². The Hall–Kier alpha value is -2.06. The second-order valence-electron chi connectivity index (χ2n) is 7.41. The summed E-state index contributed by atoms with van der Waals surface area (Å²) >= 11 is 0. The molecule has 0 spiro atoms. The molecular weight excluding hydrogens is 318 g/mol. The van der Waals surface area contributed by atoms with Crippen LogP contribution in [0.2, 0.25) is 0 Å². The molecule has 2 aromatic rings. The van der Waals surface area contributed by atoms with Gasteiger partial charge in [-0.25, -0.2) is 0 Å². The van der Waals surface area contributed by atoms with E-state index < -0.39 is 0 Å². The Kier molecular flexibility index (Phi) is 6.51. The normalized spacial score (nSPS) is 17.0. The van der Waals surface area contributed by atoms with E-state index in [1.54, 1.807) is 5.57 Å². The Morgan fingerprint density at radius 2 is 1.62 bits per heavy atom. The van der Waals surface area contributed by atoms with Crippen LogP contribution in [0.4, 0.5) is 0 Å². The van der Waals surface area contributed by atoms with Crippen LogP contribution in [0.15, 0.2) is 60.2 Å². The van der Waals surface area contributed by atoms with Gasteiger partial charge in [0.2, 0.25) is 0 Å². The largest absolute Gasteiger partial charge is 0.492 e. The van der Waals surface area contributed by atoms with E-state index >= 15 is 0 Å². The predicted molar refractivity (Wildman–Crippen MR) is 110 cm³/mol. The average molecular weight is 350 g/mol. The van der Waals surface area contributed by atoms with Gasteiger partial charge in [-0.15, -0.1) is 0 Å². The molecule has 0 bridgehead atoms. The summed E-state index contributed by atoms with van der Waals surface area (Å²) < 4.78 is 5.75. The molecule has 3 rings (SSSR count). The smallest absolute Gasteiger partial charge is 0.119 e. The highest BCUT2D eigenvalue weighted by Crippen LogP contribution is 2.39. The van der Waals surface area contributed by atoms with E-state index in [1.165, 1.54) is 42.4 Å². The maximum Gasteiger partial charge on any atom is 0.119 e. The number of ether oxygens (including phenoxy) is 1. The third-order valence-corrected chi connectivity index (χ3v) is 5.27.